The predicted molar refractivity (Wildman–Crippen MR) is 125 cm³/mol. The molecule has 4 rings (SSSR count). The van der Waals surface area contributed by atoms with Crippen LogP contribution in [-0.4, -0.2) is 28.0 Å². The van der Waals surface area contributed by atoms with Gasteiger partial charge in [-0.15, -0.1) is 11.3 Å². The Morgan fingerprint density at radius 3 is 2.59 bits per heavy atom. The summed E-state index contributed by atoms with van der Waals surface area (Å²) in [5.74, 6) is 0.629. The number of carbonyl (C=O) groups excluding carboxylic acids is 1. The fourth-order valence-corrected chi connectivity index (χ4v) is 6.72. The molecule has 1 atom stereocenters. The maximum atomic E-state index is 13.3. The SMILES string of the molecule is CCCOc1c(OC)cccc1C1CC(=O)Nc2c(S(=O)(=O)c3ccc(C)cc3)csc21. The Kier molecular flexibility index (Phi) is 6.26. The van der Waals surface area contributed by atoms with Crippen molar-refractivity contribution >= 4 is 32.8 Å². The number of fused-ring (bicyclic) bond motifs is 1. The highest BCUT2D eigenvalue weighted by Gasteiger charge is 2.36. The van der Waals surface area contributed by atoms with E-state index in [4.69, 9.17) is 9.47 Å². The molecule has 2 heterocycles. The quantitative estimate of drug-likeness (QED) is 0.515. The molecule has 1 unspecified atom stereocenters. The fraction of sp³-hybridized carbons (Fsp3) is 0.292. The summed E-state index contributed by atoms with van der Waals surface area (Å²) >= 11 is 1.34. The molecule has 1 amide bonds. The van der Waals surface area contributed by atoms with E-state index in [2.05, 4.69) is 5.32 Å². The van der Waals surface area contributed by atoms with Gasteiger partial charge in [0.1, 0.15) is 4.90 Å². The Morgan fingerprint density at radius 1 is 1.16 bits per heavy atom. The number of para-hydroxylation sites is 1. The van der Waals surface area contributed by atoms with Crippen LogP contribution in [0.4, 0.5) is 5.69 Å². The zero-order valence-corrected chi connectivity index (χ0v) is 19.8. The summed E-state index contributed by atoms with van der Waals surface area (Å²) in [5, 5.41) is 4.42. The molecule has 0 bridgehead atoms. The molecule has 0 fully saturated rings. The second-order valence-corrected chi connectivity index (χ2v) is 10.5. The number of ether oxygens (including phenoxy) is 2. The molecule has 0 aliphatic carbocycles. The fourth-order valence-electron chi connectivity index (χ4n) is 3.82. The number of carbonyl (C=O) groups is 1. The van der Waals surface area contributed by atoms with Crippen LogP contribution in [0.25, 0.3) is 0 Å². The first-order valence-electron chi connectivity index (χ1n) is 10.4. The molecule has 1 aliphatic rings. The monoisotopic (exact) mass is 471 g/mol. The van der Waals surface area contributed by atoms with Gasteiger partial charge >= 0.3 is 0 Å². The Morgan fingerprint density at radius 2 is 1.91 bits per heavy atom. The summed E-state index contributed by atoms with van der Waals surface area (Å²) in [6.07, 6.45) is 1.03. The van der Waals surface area contributed by atoms with Crippen molar-refractivity contribution in [3.8, 4) is 11.5 Å². The normalized spacial score (nSPS) is 15.7. The van der Waals surface area contributed by atoms with Crippen LogP contribution in [0.2, 0.25) is 0 Å². The van der Waals surface area contributed by atoms with E-state index in [0.29, 0.717) is 23.8 Å². The lowest BCUT2D eigenvalue weighted by atomic mass is 9.89. The lowest BCUT2D eigenvalue weighted by Crippen LogP contribution is -2.24. The maximum Gasteiger partial charge on any atom is 0.225 e. The number of benzene rings is 2. The zero-order valence-electron chi connectivity index (χ0n) is 18.2. The van der Waals surface area contributed by atoms with Gasteiger partial charge in [-0.2, -0.15) is 0 Å². The molecule has 8 heteroatoms. The first-order chi connectivity index (χ1) is 15.4. The van der Waals surface area contributed by atoms with E-state index in [1.54, 1.807) is 36.8 Å². The number of amides is 1. The van der Waals surface area contributed by atoms with Crippen LogP contribution in [0.1, 0.15) is 41.7 Å². The number of thiophene rings is 1. The van der Waals surface area contributed by atoms with Crippen LogP contribution in [0.3, 0.4) is 0 Å². The standard InChI is InChI=1S/C24H25NO5S2/c1-4-12-30-23-17(6-5-7-19(23)29-3)18-13-21(26)25-22-20(14-31-24(18)22)32(27,28)16-10-8-15(2)9-11-16/h5-11,14,18H,4,12-13H2,1-3H3,(H,25,26). The van der Waals surface area contributed by atoms with Crippen LogP contribution >= 0.6 is 11.3 Å². The zero-order chi connectivity index (χ0) is 22.9. The smallest absolute Gasteiger partial charge is 0.225 e. The molecule has 0 radical (unpaired) electrons. The first-order valence-corrected chi connectivity index (χ1v) is 12.8. The topological polar surface area (TPSA) is 81.7 Å². The number of sulfone groups is 1. The average Bonchev–Trinajstić information content (AvgIpc) is 3.21. The average molecular weight is 472 g/mol. The summed E-state index contributed by atoms with van der Waals surface area (Å²) in [6, 6.07) is 12.3. The minimum absolute atomic E-state index is 0.123. The van der Waals surface area contributed by atoms with Gasteiger partial charge in [-0.05, 0) is 31.5 Å². The third-order valence-corrected chi connectivity index (χ3v) is 8.47. The van der Waals surface area contributed by atoms with Crippen LogP contribution < -0.4 is 14.8 Å². The van der Waals surface area contributed by atoms with E-state index in [1.807, 2.05) is 32.0 Å². The summed E-state index contributed by atoms with van der Waals surface area (Å²) < 4.78 is 38.2. The third kappa shape index (κ3) is 4.00. The highest BCUT2D eigenvalue weighted by molar-refractivity contribution is 7.91. The predicted octanol–water partition coefficient (Wildman–Crippen LogP) is 5.16. The van der Waals surface area contributed by atoms with E-state index < -0.39 is 9.84 Å². The molecule has 3 aromatic rings. The van der Waals surface area contributed by atoms with Gasteiger partial charge in [0.05, 0.1) is 24.3 Å². The van der Waals surface area contributed by atoms with E-state index in [1.165, 1.54) is 11.3 Å². The molecular weight excluding hydrogens is 446 g/mol. The van der Waals surface area contributed by atoms with E-state index >= 15 is 0 Å². The second-order valence-electron chi connectivity index (χ2n) is 7.69. The molecule has 32 heavy (non-hydrogen) atoms. The van der Waals surface area contributed by atoms with Crippen molar-refractivity contribution in [2.24, 2.45) is 0 Å². The van der Waals surface area contributed by atoms with Crippen molar-refractivity contribution in [2.45, 2.75) is 42.4 Å². The number of hydrogen-bond acceptors (Lipinski definition) is 6. The number of nitrogens with one attached hydrogen (secondary N) is 1. The highest BCUT2D eigenvalue weighted by Crippen LogP contribution is 2.49. The number of hydrogen-bond donors (Lipinski definition) is 1. The second kappa shape index (κ2) is 8.96. The van der Waals surface area contributed by atoms with Crippen molar-refractivity contribution in [3.05, 3.63) is 63.8 Å². The molecule has 168 valence electrons. The maximum absolute atomic E-state index is 13.3. The number of methoxy groups -OCH3 is 1. The van der Waals surface area contributed by atoms with Crippen LogP contribution in [0, 0.1) is 6.92 Å². The summed E-state index contributed by atoms with van der Waals surface area (Å²) in [5.41, 5.74) is 2.15. The molecule has 0 spiro atoms. The van der Waals surface area contributed by atoms with Crippen molar-refractivity contribution in [1.82, 2.24) is 0 Å². The van der Waals surface area contributed by atoms with Gasteiger partial charge in [-0.1, -0.05) is 36.8 Å². The largest absolute Gasteiger partial charge is 0.493 e. The summed E-state index contributed by atoms with van der Waals surface area (Å²) in [4.78, 5) is 13.8. The van der Waals surface area contributed by atoms with Crippen molar-refractivity contribution in [2.75, 3.05) is 19.0 Å². The summed E-state index contributed by atoms with van der Waals surface area (Å²) in [7, 11) is -2.20. The Balaban J connectivity index is 1.83. The number of rotatable bonds is 7. The van der Waals surface area contributed by atoms with Gasteiger partial charge in [0, 0.05) is 28.2 Å². The van der Waals surface area contributed by atoms with Crippen molar-refractivity contribution < 1.29 is 22.7 Å². The molecule has 0 saturated carbocycles. The molecular formula is C24H25NO5S2. The van der Waals surface area contributed by atoms with Crippen LogP contribution in [0.15, 0.2) is 57.6 Å². The molecule has 1 aliphatic heterocycles. The van der Waals surface area contributed by atoms with Gasteiger partial charge in [-0.3, -0.25) is 4.79 Å². The van der Waals surface area contributed by atoms with E-state index in [9.17, 15) is 13.2 Å². The molecule has 0 saturated heterocycles. The first kappa shape index (κ1) is 22.4. The van der Waals surface area contributed by atoms with E-state index in [-0.39, 0.29) is 28.0 Å². The van der Waals surface area contributed by atoms with E-state index in [0.717, 1.165) is 22.4 Å². The lowest BCUT2D eigenvalue weighted by molar-refractivity contribution is -0.116. The Labute approximate surface area is 192 Å². The molecule has 2 aromatic carbocycles. The minimum atomic E-state index is -3.78. The van der Waals surface area contributed by atoms with Crippen molar-refractivity contribution in [1.29, 1.82) is 0 Å². The van der Waals surface area contributed by atoms with Gasteiger partial charge in [0.2, 0.25) is 15.7 Å². The molecule has 1 N–H and O–H groups in total. The van der Waals surface area contributed by atoms with Crippen LogP contribution in [0.5, 0.6) is 11.5 Å². The van der Waals surface area contributed by atoms with Gasteiger partial charge < -0.3 is 14.8 Å². The van der Waals surface area contributed by atoms with Gasteiger partial charge in [0.25, 0.3) is 0 Å². The lowest BCUT2D eigenvalue weighted by Gasteiger charge is -2.26. The minimum Gasteiger partial charge on any atom is -0.493 e. The summed E-state index contributed by atoms with van der Waals surface area (Å²) in [6.45, 7) is 4.43. The molecule has 6 nitrogen and oxygen atoms in total. The van der Waals surface area contributed by atoms with Gasteiger partial charge in [0.15, 0.2) is 11.5 Å². The van der Waals surface area contributed by atoms with Crippen molar-refractivity contribution in [3.63, 3.8) is 0 Å². The van der Waals surface area contributed by atoms with Crippen LogP contribution in [-0.2, 0) is 14.6 Å². The highest BCUT2D eigenvalue weighted by atomic mass is 32.2. The van der Waals surface area contributed by atoms with Gasteiger partial charge in [-0.25, -0.2) is 8.42 Å². The molecule has 1 aromatic heterocycles. The Bertz CT molecular complexity index is 1250. The number of aryl methyl sites for hydroxylation is 1. The Hall–Kier alpha value is -2.84. The number of anilines is 1. The third-order valence-electron chi connectivity index (χ3n) is 5.43.